The number of halogens is 1. The third-order valence-electron chi connectivity index (χ3n) is 5.39. The van der Waals surface area contributed by atoms with Crippen molar-refractivity contribution in [1.29, 1.82) is 0 Å². The topological polar surface area (TPSA) is 55.3 Å². The van der Waals surface area contributed by atoms with E-state index in [1.165, 1.54) is 32.1 Å². The lowest BCUT2D eigenvalue weighted by atomic mass is 10.1. The van der Waals surface area contributed by atoms with Gasteiger partial charge in [0.25, 0.3) is 0 Å². The quantitative estimate of drug-likeness (QED) is 0.620. The van der Waals surface area contributed by atoms with Crippen molar-refractivity contribution >= 4 is 22.8 Å². The van der Waals surface area contributed by atoms with Crippen LogP contribution < -0.4 is 4.90 Å². The Morgan fingerprint density at radius 1 is 1.07 bits per heavy atom. The van der Waals surface area contributed by atoms with Gasteiger partial charge in [0.2, 0.25) is 0 Å². The van der Waals surface area contributed by atoms with Crippen LogP contribution in [0.3, 0.4) is 0 Å². The van der Waals surface area contributed by atoms with Gasteiger partial charge < -0.3 is 9.64 Å². The van der Waals surface area contributed by atoms with Crippen LogP contribution in [0.15, 0.2) is 42.5 Å². The van der Waals surface area contributed by atoms with Gasteiger partial charge in [-0.15, -0.1) is 0 Å². The molecule has 0 atom stereocenters. The van der Waals surface area contributed by atoms with E-state index in [9.17, 15) is 9.18 Å². The van der Waals surface area contributed by atoms with Gasteiger partial charge in [0.15, 0.2) is 5.82 Å². The Kier molecular flexibility index (Phi) is 4.94. The first-order valence-corrected chi connectivity index (χ1v) is 9.45. The van der Waals surface area contributed by atoms with Crippen LogP contribution in [0.25, 0.3) is 22.3 Å². The molecule has 0 radical (unpaired) electrons. The van der Waals surface area contributed by atoms with E-state index in [0.29, 0.717) is 28.3 Å². The average molecular weight is 379 g/mol. The molecule has 2 aromatic carbocycles. The molecule has 5 nitrogen and oxygen atoms in total. The molecule has 0 aliphatic heterocycles. The van der Waals surface area contributed by atoms with E-state index in [-0.39, 0.29) is 5.82 Å². The highest BCUT2D eigenvalue weighted by Crippen LogP contribution is 2.34. The van der Waals surface area contributed by atoms with Gasteiger partial charge >= 0.3 is 5.97 Å². The summed E-state index contributed by atoms with van der Waals surface area (Å²) >= 11 is 0. The Labute approximate surface area is 163 Å². The molecule has 1 heterocycles. The second kappa shape index (κ2) is 7.54. The van der Waals surface area contributed by atoms with Gasteiger partial charge in [0.1, 0.15) is 11.5 Å². The standard InChI is InChI=1S/C22H22FN3O2/c1-26(17-5-3-4-6-17)21-20(14-7-10-16(23)11-8-14)24-18-12-9-15(22(27)28-2)13-19(18)25-21/h7-13,17H,3-6H2,1-2H3. The van der Waals surface area contributed by atoms with Crippen molar-refractivity contribution in [3.63, 3.8) is 0 Å². The number of nitrogens with zero attached hydrogens (tertiary/aromatic N) is 3. The molecule has 0 saturated heterocycles. The minimum atomic E-state index is -0.406. The van der Waals surface area contributed by atoms with Gasteiger partial charge in [-0.25, -0.2) is 19.2 Å². The van der Waals surface area contributed by atoms with Gasteiger partial charge in [-0.05, 0) is 55.3 Å². The molecule has 1 aromatic heterocycles. The summed E-state index contributed by atoms with van der Waals surface area (Å²) in [6.07, 6.45) is 4.63. The first kappa shape index (κ1) is 18.3. The molecule has 4 rings (SSSR count). The van der Waals surface area contributed by atoms with Crippen LogP contribution in [-0.4, -0.2) is 36.1 Å². The SMILES string of the molecule is COC(=O)c1ccc2nc(-c3ccc(F)cc3)c(N(C)C3CCCC3)nc2c1. The Balaban J connectivity index is 1.88. The summed E-state index contributed by atoms with van der Waals surface area (Å²) in [5.74, 6) is 0.0518. The molecule has 3 aromatic rings. The molecule has 1 fully saturated rings. The van der Waals surface area contributed by atoms with E-state index in [1.54, 1.807) is 30.3 Å². The van der Waals surface area contributed by atoms with Crippen LogP contribution in [0.4, 0.5) is 10.2 Å². The fourth-order valence-corrected chi connectivity index (χ4v) is 3.80. The molecule has 1 aliphatic rings. The number of rotatable bonds is 4. The highest BCUT2D eigenvalue weighted by molar-refractivity contribution is 5.94. The van der Waals surface area contributed by atoms with Crippen LogP contribution in [-0.2, 0) is 4.74 Å². The summed E-state index contributed by atoms with van der Waals surface area (Å²) in [7, 11) is 3.39. The van der Waals surface area contributed by atoms with E-state index < -0.39 is 5.97 Å². The number of carbonyl (C=O) groups is 1. The number of fused-ring (bicyclic) bond motifs is 1. The van der Waals surface area contributed by atoms with Gasteiger partial charge in [-0.3, -0.25) is 0 Å². The van der Waals surface area contributed by atoms with Crippen molar-refractivity contribution in [2.75, 3.05) is 19.1 Å². The molecule has 6 heteroatoms. The summed E-state index contributed by atoms with van der Waals surface area (Å²) in [5, 5.41) is 0. The molecule has 0 unspecified atom stereocenters. The predicted octanol–water partition coefficient (Wildman–Crippen LogP) is 4.60. The minimum absolute atomic E-state index is 0.286. The molecule has 1 saturated carbocycles. The van der Waals surface area contributed by atoms with Gasteiger partial charge in [0.05, 0.1) is 23.7 Å². The molecule has 144 valence electrons. The maximum atomic E-state index is 13.4. The highest BCUT2D eigenvalue weighted by atomic mass is 19.1. The van der Waals surface area contributed by atoms with Crippen molar-refractivity contribution < 1.29 is 13.9 Å². The van der Waals surface area contributed by atoms with Crippen molar-refractivity contribution in [2.24, 2.45) is 0 Å². The third kappa shape index (κ3) is 3.42. The third-order valence-corrected chi connectivity index (χ3v) is 5.39. The fourth-order valence-electron chi connectivity index (χ4n) is 3.80. The zero-order chi connectivity index (χ0) is 19.7. The smallest absolute Gasteiger partial charge is 0.337 e. The molecule has 1 aliphatic carbocycles. The second-order valence-electron chi connectivity index (χ2n) is 7.15. The summed E-state index contributed by atoms with van der Waals surface area (Å²) < 4.78 is 18.2. The average Bonchev–Trinajstić information content (AvgIpc) is 3.27. The van der Waals surface area contributed by atoms with E-state index in [1.807, 2.05) is 7.05 Å². The summed E-state index contributed by atoms with van der Waals surface area (Å²) in [6, 6.07) is 11.9. The molecule has 0 amide bonds. The number of methoxy groups -OCH3 is 1. The van der Waals surface area contributed by atoms with Crippen molar-refractivity contribution in [2.45, 2.75) is 31.7 Å². The lowest BCUT2D eigenvalue weighted by Crippen LogP contribution is -2.30. The molecule has 0 spiro atoms. The van der Waals surface area contributed by atoms with Gasteiger partial charge in [-0.1, -0.05) is 12.8 Å². The van der Waals surface area contributed by atoms with Crippen LogP contribution in [0, 0.1) is 5.82 Å². The van der Waals surface area contributed by atoms with E-state index >= 15 is 0 Å². The fraction of sp³-hybridized carbons (Fsp3) is 0.318. The predicted molar refractivity (Wildman–Crippen MR) is 107 cm³/mol. The maximum Gasteiger partial charge on any atom is 0.337 e. The van der Waals surface area contributed by atoms with Gasteiger partial charge in [0, 0.05) is 18.7 Å². The first-order valence-electron chi connectivity index (χ1n) is 9.45. The van der Waals surface area contributed by atoms with Gasteiger partial charge in [-0.2, -0.15) is 0 Å². The molecule has 28 heavy (non-hydrogen) atoms. The Morgan fingerprint density at radius 2 is 1.79 bits per heavy atom. The summed E-state index contributed by atoms with van der Waals surface area (Å²) in [5.41, 5.74) is 3.28. The van der Waals surface area contributed by atoms with E-state index in [0.717, 1.165) is 24.2 Å². The Bertz CT molecular complexity index is 1010. The summed E-state index contributed by atoms with van der Waals surface area (Å²) in [6.45, 7) is 0. The van der Waals surface area contributed by atoms with Crippen LogP contribution >= 0.6 is 0 Å². The number of esters is 1. The van der Waals surface area contributed by atoms with Crippen LogP contribution in [0.2, 0.25) is 0 Å². The van der Waals surface area contributed by atoms with E-state index in [2.05, 4.69) is 4.90 Å². The number of hydrogen-bond acceptors (Lipinski definition) is 5. The zero-order valence-corrected chi connectivity index (χ0v) is 16.0. The largest absolute Gasteiger partial charge is 0.465 e. The Hall–Kier alpha value is -3.02. The summed E-state index contributed by atoms with van der Waals surface area (Å²) in [4.78, 5) is 23.7. The molecule has 0 bridgehead atoms. The Morgan fingerprint density at radius 3 is 2.46 bits per heavy atom. The monoisotopic (exact) mass is 379 g/mol. The van der Waals surface area contributed by atoms with Crippen LogP contribution in [0.5, 0.6) is 0 Å². The maximum absolute atomic E-state index is 13.4. The molecular formula is C22H22FN3O2. The normalized spacial score (nSPS) is 14.4. The van der Waals surface area contributed by atoms with Crippen LogP contribution in [0.1, 0.15) is 36.0 Å². The number of carbonyl (C=O) groups excluding carboxylic acids is 1. The number of aromatic nitrogens is 2. The molecule has 0 N–H and O–H groups in total. The number of ether oxygens (including phenoxy) is 1. The van der Waals surface area contributed by atoms with E-state index in [4.69, 9.17) is 14.7 Å². The zero-order valence-electron chi connectivity index (χ0n) is 16.0. The second-order valence-corrected chi connectivity index (χ2v) is 7.15. The molecular weight excluding hydrogens is 357 g/mol. The lowest BCUT2D eigenvalue weighted by molar-refractivity contribution is 0.0601. The lowest BCUT2D eigenvalue weighted by Gasteiger charge is -2.27. The number of benzene rings is 2. The highest BCUT2D eigenvalue weighted by Gasteiger charge is 2.24. The number of hydrogen-bond donors (Lipinski definition) is 0. The first-order chi connectivity index (χ1) is 13.6. The number of anilines is 1. The van der Waals surface area contributed by atoms with Crippen molar-refractivity contribution in [1.82, 2.24) is 9.97 Å². The minimum Gasteiger partial charge on any atom is -0.465 e. The van der Waals surface area contributed by atoms with Crippen molar-refractivity contribution in [3.8, 4) is 11.3 Å². The van der Waals surface area contributed by atoms with Crippen molar-refractivity contribution in [3.05, 3.63) is 53.8 Å².